The van der Waals surface area contributed by atoms with Crippen molar-refractivity contribution in [3.8, 4) is 5.75 Å². The second-order valence-electron chi connectivity index (χ2n) is 4.30. The van der Waals surface area contributed by atoms with Crippen LogP contribution >= 0.6 is 0 Å². The van der Waals surface area contributed by atoms with Gasteiger partial charge in [0.2, 0.25) is 5.91 Å². The molecule has 2 amide bonds. The first kappa shape index (κ1) is 12.3. The Morgan fingerprint density at radius 2 is 2.17 bits per heavy atom. The first-order valence-electron chi connectivity index (χ1n) is 5.56. The summed E-state index contributed by atoms with van der Waals surface area (Å²) in [4.78, 5) is 24.4. The predicted octanol–water partition coefficient (Wildman–Crippen LogP) is 0.479. The average Bonchev–Trinajstić information content (AvgIpc) is 2.77. The van der Waals surface area contributed by atoms with Crippen LogP contribution in [0.5, 0.6) is 5.75 Å². The van der Waals surface area contributed by atoms with E-state index in [9.17, 15) is 14.0 Å². The third-order valence-electron chi connectivity index (χ3n) is 3.06. The largest absolute Gasteiger partial charge is 0.508 e. The van der Waals surface area contributed by atoms with Crippen molar-refractivity contribution in [3.63, 3.8) is 0 Å². The number of carbonyl (C=O) groups is 2. The Morgan fingerprint density at radius 3 is 2.72 bits per heavy atom. The molecule has 1 heterocycles. The third-order valence-corrected chi connectivity index (χ3v) is 3.06. The van der Waals surface area contributed by atoms with Crippen molar-refractivity contribution in [1.29, 1.82) is 0 Å². The van der Waals surface area contributed by atoms with Gasteiger partial charge in [0.15, 0.2) is 0 Å². The molecular weight excluding hydrogens is 239 g/mol. The number of hydrogen-bond donors (Lipinski definition) is 2. The van der Waals surface area contributed by atoms with E-state index in [1.807, 2.05) is 0 Å². The van der Waals surface area contributed by atoms with Gasteiger partial charge in [-0.3, -0.25) is 9.59 Å². The molecule has 6 heteroatoms. The van der Waals surface area contributed by atoms with E-state index in [0.717, 1.165) is 6.07 Å². The summed E-state index contributed by atoms with van der Waals surface area (Å²) in [6.07, 6.45) is 0.501. The van der Waals surface area contributed by atoms with E-state index in [2.05, 4.69) is 0 Å². The summed E-state index contributed by atoms with van der Waals surface area (Å²) in [7, 11) is 0. The molecule has 2 rings (SSSR count). The Bertz CT molecular complexity index is 504. The van der Waals surface area contributed by atoms with Crippen molar-refractivity contribution in [2.75, 3.05) is 13.1 Å². The van der Waals surface area contributed by atoms with E-state index >= 15 is 0 Å². The maximum Gasteiger partial charge on any atom is 0.256 e. The van der Waals surface area contributed by atoms with Crippen molar-refractivity contribution >= 4 is 11.8 Å². The number of phenolic OH excluding ortho intramolecular Hbond substituents is 1. The molecule has 5 nitrogen and oxygen atoms in total. The molecule has 1 aliphatic heterocycles. The first-order chi connectivity index (χ1) is 8.49. The van der Waals surface area contributed by atoms with Crippen LogP contribution in [0.4, 0.5) is 4.39 Å². The number of halogens is 1. The van der Waals surface area contributed by atoms with Crippen LogP contribution in [-0.4, -0.2) is 34.9 Å². The zero-order valence-corrected chi connectivity index (χ0v) is 9.60. The zero-order chi connectivity index (χ0) is 13.3. The van der Waals surface area contributed by atoms with E-state index in [4.69, 9.17) is 10.8 Å². The fourth-order valence-corrected chi connectivity index (χ4v) is 2.02. The first-order valence-corrected chi connectivity index (χ1v) is 5.56. The number of likely N-dealkylation sites (tertiary alicyclic amines) is 1. The second-order valence-corrected chi connectivity index (χ2v) is 4.30. The van der Waals surface area contributed by atoms with Crippen LogP contribution in [0.3, 0.4) is 0 Å². The standard InChI is InChI=1S/C12H13FN2O3/c13-10-5-8(16)1-2-9(10)12(18)15-4-3-7(6-15)11(14)17/h1-2,5,7,16H,3-4,6H2,(H2,14,17). The van der Waals surface area contributed by atoms with Crippen molar-refractivity contribution in [2.24, 2.45) is 11.7 Å². The van der Waals surface area contributed by atoms with E-state index in [1.165, 1.54) is 17.0 Å². The second kappa shape index (κ2) is 4.64. The Balaban J connectivity index is 2.15. The molecule has 0 spiro atoms. The van der Waals surface area contributed by atoms with Crippen molar-refractivity contribution in [1.82, 2.24) is 4.90 Å². The third kappa shape index (κ3) is 2.27. The molecule has 18 heavy (non-hydrogen) atoms. The van der Waals surface area contributed by atoms with Gasteiger partial charge in [-0.25, -0.2) is 4.39 Å². The molecule has 1 aromatic carbocycles. The number of amides is 2. The molecule has 1 aromatic rings. The normalized spacial score (nSPS) is 18.9. The summed E-state index contributed by atoms with van der Waals surface area (Å²) in [5.74, 6) is -2.31. The lowest BCUT2D eigenvalue weighted by Gasteiger charge is -2.16. The smallest absolute Gasteiger partial charge is 0.256 e. The summed E-state index contributed by atoms with van der Waals surface area (Å²) in [6, 6.07) is 3.36. The number of nitrogens with zero attached hydrogens (tertiary/aromatic N) is 1. The lowest BCUT2D eigenvalue weighted by atomic mass is 10.1. The van der Waals surface area contributed by atoms with Crippen LogP contribution in [0, 0.1) is 11.7 Å². The highest BCUT2D eigenvalue weighted by molar-refractivity contribution is 5.95. The molecule has 0 bridgehead atoms. The molecule has 1 atom stereocenters. The Kier molecular flexibility index (Phi) is 3.18. The van der Waals surface area contributed by atoms with Gasteiger partial charge in [-0.05, 0) is 18.6 Å². The molecule has 1 unspecified atom stereocenters. The highest BCUT2D eigenvalue weighted by Crippen LogP contribution is 2.21. The topological polar surface area (TPSA) is 83.6 Å². The molecule has 0 radical (unpaired) electrons. The van der Waals surface area contributed by atoms with Crippen LogP contribution < -0.4 is 5.73 Å². The molecule has 1 saturated heterocycles. The number of phenols is 1. The lowest BCUT2D eigenvalue weighted by molar-refractivity contribution is -0.121. The van der Waals surface area contributed by atoms with Crippen LogP contribution in [0.2, 0.25) is 0 Å². The minimum Gasteiger partial charge on any atom is -0.508 e. The summed E-state index contributed by atoms with van der Waals surface area (Å²) < 4.78 is 13.5. The number of rotatable bonds is 2. The van der Waals surface area contributed by atoms with Gasteiger partial charge >= 0.3 is 0 Å². The van der Waals surface area contributed by atoms with Gasteiger partial charge in [-0.1, -0.05) is 0 Å². The highest BCUT2D eigenvalue weighted by atomic mass is 19.1. The van der Waals surface area contributed by atoms with Gasteiger partial charge in [0.1, 0.15) is 11.6 Å². The Morgan fingerprint density at radius 1 is 1.44 bits per heavy atom. The maximum atomic E-state index is 13.5. The van der Waals surface area contributed by atoms with Crippen molar-refractivity contribution in [2.45, 2.75) is 6.42 Å². The fourth-order valence-electron chi connectivity index (χ4n) is 2.02. The summed E-state index contributed by atoms with van der Waals surface area (Å²) in [5, 5.41) is 9.07. The summed E-state index contributed by atoms with van der Waals surface area (Å²) >= 11 is 0. The summed E-state index contributed by atoms with van der Waals surface area (Å²) in [5.41, 5.74) is 5.05. The number of aromatic hydroxyl groups is 1. The molecule has 0 saturated carbocycles. The Labute approximate surface area is 103 Å². The van der Waals surface area contributed by atoms with Crippen LogP contribution in [0.1, 0.15) is 16.8 Å². The number of carbonyl (C=O) groups excluding carboxylic acids is 2. The van der Waals surface area contributed by atoms with Crippen molar-refractivity contribution < 1.29 is 19.1 Å². The average molecular weight is 252 g/mol. The molecular formula is C12H13FN2O3. The van der Waals surface area contributed by atoms with Gasteiger partial charge in [0.05, 0.1) is 11.5 Å². The van der Waals surface area contributed by atoms with E-state index < -0.39 is 17.6 Å². The molecule has 0 aromatic heterocycles. The number of primary amides is 1. The number of benzene rings is 1. The van der Waals surface area contributed by atoms with E-state index in [1.54, 1.807) is 0 Å². The zero-order valence-electron chi connectivity index (χ0n) is 9.60. The van der Waals surface area contributed by atoms with E-state index in [0.29, 0.717) is 13.0 Å². The Hall–Kier alpha value is -2.11. The molecule has 3 N–H and O–H groups in total. The molecule has 1 aliphatic rings. The number of nitrogens with two attached hydrogens (primary N) is 1. The van der Waals surface area contributed by atoms with Crippen LogP contribution in [-0.2, 0) is 4.79 Å². The predicted molar refractivity (Wildman–Crippen MR) is 61.3 cm³/mol. The highest BCUT2D eigenvalue weighted by Gasteiger charge is 2.31. The minimum absolute atomic E-state index is 0.113. The van der Waals surface area contributed by atoms with Gasteiger partial charge in [-0.15, -0.1) is 0 Å². The minimum atomic E-state index is -0.775. The quantitative estimate of drug-likeness (QED) is 0.803. The number of hydrogen-bond acceptors (Lipinski definition) is 3. The molecule has 96 valence electrons. The summed E-state index contributed by atoms with van der Waals surface area (Å²) in [6.45, 7) is 0.598. The molecule has 0 aliphatic carbocycles. The van der Waals surface area contributed by atoms with Gasteiger partial charge in [-0.2, -0.15) is 0 Å². The molecule has 1 fully saturated rings. The lowest BCUT2D eigenvalue weighted by Crippen LogP contribution is -2.32. The van der Waals surface area contributed by atoms with Crippen LogP contribution in [0.25, 0.3) is 0 Å². The van der Waals surface area contributed by atoms with Gasteiger partial charge in [0.25, 0.3) is 5.91 Å². The fraction of sp³-hybridized carbons (Fsp3) is 0.333. The van der Waals surface area contributed by atoms with Gasteiger partial charge in [0, 0.05) is 19.2 Å². The van der Waals surface area contributed by atoms with Crippen molar-refractivity contribution in [3.05, 3.63) is 29.6 Å². The SMILES string of the molecule is NC(=O)C1CCN(C(=O)c2ccc(O)cc2F)C1. The maximum absolute atomic E-state index is 13.5. The van der Waals surface area contributed by atoms with Gasteiger partial charge < -0.3 is 15.7 Å². The van der Waals surface area contributed by atoms with E-state index in [-0.39, 0.29) is 23.8 Å². The van der Waals surface area contributed by atoms with Crippen LogP contribution in [0.15, 0.2) is 18.2 Å². The monoisotopic (exact) mass is 252 g/mol.